The Morgan fingerprint density at radius 1 is 1.29 bits per heavy atom. The minimum Gasteiger partial charge on any atom is -0.494 e. The monoisotopic (exact) mass is 312 g/mol. The molecule has 0 unspecified atom stereocenters. The van der Waals surface area contributed by atoms with Crippen LogP contribution in [0.5, 0.6) is 11.5 Å². The largest absolute Gasteiger partial charge is 0.494 e. The van der Waals surface area contributed by atoms with Crippen LogP contribution in [0.15, 0.2) is 12.1 Å². The minimum atomic E-state index is -0.415. The number of rotatable bonds is 4. The molecule has 5 heteroatoms. The van der Waals surface area contributed by atoms with Crippen LogP contribution in [-0.4, -0.2) is 21.0 Å². The van der Waals surface area contributed by atoms with E-state index in [2.05, 4.69) is 0 Å². The molecule has 0 heterocycles. The molecule has 0 saturated carbocycles. The first-order valence-corrected chi connectivity index (χ1v) is 4.92. The number of methoxy groups -OCH3 is 2. The minimum absolute atomic E-state index is 0.0990. The molecule has 14 heavy (non-hydrogen) atoms. The molecule has 0 aromatic heterocycles. The highest BCUT2D eigenvalue weighted by molar-refractivity contribution is 14.1. The molecule has 0 radical (unpaired) electrons. The van der Waals surface area contributed by atoms with Gasteiger partial charge in [-0.3, -0.25) is 0 Å². The predicted molar refractivity (Wildman–Crippen MR) is 58.2 cm³/mol. The molecular formula is C9H10FIO3. The fraction of sp³-hybridized carbons (Fsp3) is 0.333. The first kappa shape index (κ1) is 11.5. The Labute approximate surface area is 95.3 Å². The van der Waals surface area contributed by atoms with Crippen LogP contribution in [0.25, 0.3) is 0 Å². The van der Waals surface area contributed by atoms with Gasteiger partial charge in [-0.1, -0.05) is 0 Å². The van der Waals surface area contributed by atoms with E-state index >= 15 is 0 Å². The van der Waals surface area contributed by atoms with Crippen molar-refractivity contribution < 1.29 is 18.6 Å². The summed E-state index contributed by atoms with van der Waals surface area (Å²) in [5.41, 5.74) is 0. The normalized spacial score (nSPS) is 10.0. The summed E-state index contributed by atoms with van der Waals surface area (Å²) in [6, 6.07) is 3.16. The Balaban J connectivity index is 2.92. The summed E-state index contributed by atoms with van der Waals surface area (Å²) in [5.74, 6) is 0.242. The molecule has 1 aromatic carbocycles. The van der Waals surface area contributed by atoms with Gasteiger partial charge in [0, 0.05) is 7.11 Å². The van der Waals surface area contributed by atoms with Crippen LogP contribution >= 0.6 is 22.6 Å². The van der Waals surface area contributed by atoms with Crippen molar-refractivity contribution in [2.45, 2.75) is 0 Å². The average molecular weight is 312 g/mol. The fourth-order valence-electron chi connectivity index (χ4n) is 0.906. The van der Waals surface area contributed by atoms with E-state index in [9.17, 15) is 4.39 Å². The first-order valence-electron chi connectivity index (χ1n) is 3.84. The van der Waals surface area contributed by atoms with Crippen LogP contribution in [0.3, 0.4) is 0 Å². The third-order valence-electron chi connectivity index (χ3n) is 1.56. The highest BCUT2D eigenvalue weighted by atomic mass is 127. The molecule has 78 valence electrons. The van der Waals surface area contributed by atoms with Gasteiger partial charge >= 0.3 is 0 Å². The molecule has 0 aliphatic heterocycles. The van der Waals surface area contributed by atoms with Crippen LogP contribution in [0.4, 0.5) is 4.39 Å². The lowest BCUT2D eigenvalue weighted by molar-refractivity contribution is 0.0501. The van der Waals surface area contributed by atoms with Gasteiger partial charge in [0.25, 0.3) is 0 Å². The van der Waals surface area contributed by atoms with Gasteiger partial charge < -0.3 is 14.2 Å². The van der Waals surface area contributed by atoms with Crippen LogP contribution in [-0.2, 0) is 4.74 Å². The van der Waals surface area contributed by atoms with E-state index < -0.39 is 5.82 Å². The van der Waals surface area contributed by atoms with Crippen LogP contribution in [0, 0.1) is 9.39 Å². The van der Waals surface area contributed by atoms with E-state index in [4.69, 9.17) is 14.2 Å². The summed E-state index contributed by atoms with van der Waals surface area (Å²) in [7, 11) is 2.93. The Hall–Kier alpha value is -0.560. The zero-order valence-electron chi connectivity index (χ0n) is 7.84. The molecule has 0 bridgehead atoms. The van der Waals surface area contributed by atoms with E-state index in [-0.39, 0.29) is 12.5 Å². The standard InChI is InChI=1S/C9H10FIO3/c1-12-5-14-7-4-3-6(13-2)8(10)9(7)11/h3-4H,5H2,1-2H3. The first-order chi connectivity index (χ1) is 6.70. The summed E-state index contributed by atoms with van der Waals surface area (Å²) in [6.45, 7) is 0.0990. The van der Waals surface area contributed by atoms with Crippen LogP contribution < -0.4 is 9.47 Å². The summed E-state index contributed by atoms with van der Waals surface area (Å²) in [5, 5.41) is 0. The second-order valence-electron chi connectivity index (χ2n) is 2.44. The molecule has 0 fully saturated rings. The lowest BCUT2D eigenvalue weighted by atomic mass is 10.3. The van der Waals surface area contributed by atoms with Crippen molar-refractivity contribution in [2.75, 3.05) is 21.0 Å². The highest BCUT2D eigenvalue weighted by Crippen LogP contribution is 2.29. The fourth-order valence-corrected chi connectivity index (χ4v) is 1.51. The van der Waals surface area contributed by atoms with Gasteiger partial charge in [-0.15, -0.1) is 0 Å². The maximum Gasteiger partial charge on any atom is 0.188 e. The van der Waals surface area contributed by atoms with Crippen molar-refractivity contribution in [3.63, 3.8) is 0 Å². The lowest BCUT2D eigenvalue weighted by Crippen LogP contribution is -2.02. The van der Waals surface area contributed by atoms with Crippen molar-refractivity contribution in [1.82, 2.24) is 0 Å². The van der Waals surface area contributed by atoms with Gasteiger partial charge in [-0.2, -0.15) is 0 Å². The van der Waals surface area contributed by atoms with Crippen molar-refractivity contribution in [3.8, 4) is 11.5 Å². The molecule has 1 aromatic rings. The van der Waals surface area contributed by atoms with Crippen molar-refractivity contribution in [3.05, 3.63) is 21.5 Å². The Morgan fingerprint density at radius 3 is 2.50 bits per heavy atom. The topological polar surface area (TPSA) is 27.7 Å². The zero-order chi connectivity index (χ0) is 10.6. The summed E-state index contributed by atoms with van der Waals surface area (Å²) >= 11 is 1.86. The van der Waals surface area contributed by atoms with Gasteiger partial charge in [0.15, 0.2) is 18.4 Å². The van der Waals surface area contributed by atoms with Gasteiger partial charge in [0.05, 0.1) is 10.7 Å². The SMILES string of the molecule is COCOc1ccc(OC)c(F)c1I. The summed E-state index contributed by atoms with van der Waals surface area (Å²) in [4.78, 5) is 0. The molecular weight excluding hydrogens is 302 g/mol. The van der Waals surface area contributed by atoms with Crippen molar-refractivity contribution in [2.24, 2.45) is 0 Å². The van der Waals surface area contributed by atoms with Crippen molar-refractivity contribution >= 4 is 22.6 Å². The molecule has 0 aliphatic rings. The number of hydrogen-bond donors (Lipinski definition) is 0. The third-order valence-corrected chi connectivity index (χ3v) is 2.57. The summed E-state index contributed by atoms with van der Waals surface area (Å²) < 4.78 is 28.5. The molecule has 0 amide bonds. The second-order valence-corrected chi connectivity index (χ2v) is 3.52. The average Bonchev–Trinajstić information content (AvgIpc) is 2.20. The zero-order valence-corrected chi connectivity index (χ0v) is 10.00. The van der Waals surface area contributed by atoms with E-state index in [0.717, 1.165) is 0 Å². The lowest BCUT2D eigenvalue weighted by Gasteiger charge is -2.09. The van der Waals surface area contributed by atoms with Gasteiger partial charge in [0.2, 0.25) is 0 Å². The van der Waals surface area contributed by atoms with Gasteiger partial charge in [0.1, 0.15) is 5.75 Å². The number of halogens is 2. The molecule has 3 nitrogen and oxygen atoms in total. The number of benzene rings is 1. The Bertz CT molecular complexity index is 317. The quantitative estimate of drug-likeness (QED) is 0.631. The van der Waals surface area contributed by atoms with E-state index in [1.807, 2.05) is 22.6 Å². The smallest absolute Gasteiger partial charge is 0.188 e. The van der Waals surface area contributed by atoms with Crippen LogP contribution in [0.1, 0.15) is 0 Å². The molecule has 0 saturated heterocycles. The molecule has 0 atom stereocenters. The Morgan fingerprint density at radius 2 is 1.93 bits per heavy atom. The second kappa shape index (κ2) is 5.35. The Kier molecular flexibility index (Phi) is 4.40. The van der Waals surface area contributed by atoms with E-state index in [1.165, 1.54) is 20.3 Å². The van der Waals surface area contributed by atoms with Gasteiger partial charge in [-0.25, -0.2) is 4.39 Å². The number of ether oxygens (including phenoxy) is 3. The molecule has 0 aliphatic carbocycles. The predicted octanol–water partition coefficient (Wildman–Crippen LogP) is 2.42. The third kappa shape index (κ3) is 2.48. The number of hydrogen-bond acceptors (Lipinski definition) is 3. The highest BCUT2D eigenvalue weighted by Gasteiger charge is 2.12. The summed E-state index contributed by atoms with van der Waals surface area (Å²) in [6.07, 6.45) is 0. The van der Waals surface area contributed by atoms with Gasteiger partial charge in [-0.05, 0) is 34.7 Å². The van der Waals surface area contributed by atoms with Crippen LogP contribution in [0.2, 0.25) is 0 Å². The van der Waals surface area contributed by atoms with Crippen molar-refractivity contribution in [1.29, 1.82) is 0 Å². The maximum absolute atomic E-state index is 13.4. The van der Waals surface area contributed by atoms with E-state index in [1.54, 1.807) is 6.07 Å². The molecule has 0 spiro atoms. The molecule has 1 rings (SSSR count). The van der Waals surface area contributed by atoms with E-state index in [0.29, 0.717) is 9.32 Å². The maximum atomic E-state index is 13.4. The molecule has 0 N–H and O–H groups in total.